The summed E-state index contributed by atoms with van der Waals surface area (Å²) in [6, 6.07) is 1.43. The summed E-state index contributed by atoms with van der Waals surface area (Å²) in [4.78, 5) is 49.2. The molecule has 2 aromatic rings. The minimum Gasteiger partial charge on any atom is -0.507 e. The first kappa shape index (κ1) is 21.6. The fraction of sp³-hybridized carbons (Fsp3) is 0.524. The van der Waals surface area contributed by atoms with Gasteiger partial charge in [0.1, 0.15) is 22.9 Å². The first-order valence-corrected chi connectivity index (χ1v) is 10.1. The molecule has 0 saturated heterocycles. The minimum atomic E-state index is -0.984. The number of carbonyl (C=O) groups is 4. The SMILES string of the molecule is CCn1nnc2c3c(c(O)cc21)C(=O)O[C@@H](C)[C@H](C)CCC(=O)C(=O)C(=O)CCC3. The van der Waals surface area contributed by atoms with Gasteiger partial charge in [-0.15, -0.1) is 5.10 Å². The molecule has 30 heavy (non-hydrogen) atoms. The van der Waals surface area contributed by atoms with E-state index in [-0.39, 0.29) is 42.9 Å². The van der Waals surface area contributed by atoms with Crippen molar-refractivity contribution in [3.63, 3.8) is 0 Å². The molecule has 0 bridgehead atoms. The fourth-order valence-electron chi connectivity index (χ4n) is 3.60. The second-order valence-electron chi connectivity index (χ2n) is 7.68. The number of phenols is 1. The van der Waals surface area contributed by atoms with Crippen molar-refractivity contribution in [1.82, 2.24) is 15.0 Å². The highest BCUT2D eigenvalue weighted by Crippen LogP contribution is 2.32. The van der Waals surface area contributed by atoms with E-state index >= 15 is 0 Å². The molecule has 1 aliphatic heterocycles. The van der Waals surface area contributed by atoms with Crippen LogP contribution in [-0.4, -0.2) is 49.5 Å². The zero-order valence-electron chi connectivity index (χ0n) is 17.3. The molecule has 0 unspecified atom stereocenters. The number of aryl methyl sites for hydroxylation is 2. The van der Waals surface area contributed by atoms with Gasteiger partial charge in [-0.3, -0.25) is 14.4 Å². The molecule has 0 aliphatic carbocycles. The monoisotopic (exact) mass is 415 g/mol. The second-order valence-corrected chi connectivity index (χ2v) is 7.68. The summed E-state index contributed by atoms with van der Waals surface area (Å²) in [5.74, 6) is -3.60. The highest BCUT2D eigenvalue weighted by molar-refractivity contribution is 6.63. The first-order chi connectivity index (χ1) is 14.2. The van der Waals surface area contributed by atoms with Crippen molar-refractivity contribution in [2.45, 2.75) is 65.5 Å². The molecule has 160 valence electrons. The molecule has 1 N–H and O–H groups in total. The molecule has 1 aliphatic rings. The van der Waals surface area contributed by atoms with E-state index in [0.29, 0.717) is 29.6 Å². The normalized spacial score (nSPS) is 22.0. The molecule has 9 heteroatoms. The van der Waals surface area contributed by atoms with Gasteiger partial charge in [-0.1, -0.05) is 12.1 Å². The van der Waals surface area contributed by atoms with Gasteiger partial charge in [-0.05, 0) is 39.0 Å². The number of hydrogen-bond donors (Lipinski definition) is 1. The number of ketones is 3. The van der Waals surface area contributed by atoms with Crippen molar-refractivity contribution in [3.8, 4) is 5.75 Å². The quantitative estimate of drug-likeness (QED) is 0.554. The largest absolute Gasteiger partial charge is 0.507 e. The van der Waals surface area contributed by atoms with Crippen molar-refractivity contribution in [3.05, 3.63) is 17.2 Å². The van der Waals surface area contributed by atoms with Crippen LogP contribution in [-0.2, 0) is 32.1 Å². The van der Waals surface area contributed by atoms with Crippen molar-refractivity contribution >= 4 is 34.4 Å². The van der Waals surface area contributed by atoms with Gasteiger partial charge in [0.2, 0.25) is 11.6 Å². The predicted octanol–water partition coefficient (Wildman–Crippen LogP) is 2.16. The Labute approximate surface area is 173 Å². The smallest absolute Gasteiger partial charge is 0.342 e. The van der Waals surface area contributed by atoms with E-state index in [2.05, 4.69) is 10.3 Å². The van der Waals surface area contributed by atoms with Crippen molar-refractivity contribution in [2.24, 2.45) is 5.92 Å². The highest BCUT2D eigenvalue weighted by Gasteiger charge is 2.29. The number of aromatic hydroxyl groups is 1. The third-order valence-electron chi connectivity index (χ3n) is 5.65. The maximum atomic E-state index is 12.9. The zero-order valence-corrected chi connectivity index (χ0v) is 17.3. The molecule has 0 amide bonds. The van der Waals surface area contributed by atoms with Gasteiger partial charge in [0, 0.05) is 31.0 Å². The number of carbonyl (C=O) groups excluding carboxylic acids is 4. The molecular weight excluding hydrogens is 390 g/mol. The third kappa shape index (κ3) is 4.10. The van der Waals surface area contributed by atoms with Crippen LogP contribution in [0.2, 0.25) is 0 Å². The van der Waals surface area contributed by atoms with E-state index in [1.54, 1.807) is 18.5 Å². The van der Waals surface area contributed by atoms with Crippen LogP contribution in [0.4, 0.5) is 0 Å². The van der Waals surface area contributed by atoms with Crippen LogP contribution in [0, 0.1) is 5.92 Å². The second kappa shape index (κ2) is 8.73. The summed E-state index contributed by atoms with van der Waals surface area (Å²) >= 11 is 0. The van der Waals surface area contributed by atoms with E-state index in [4.69, 9.17) is 4.74 Å². The topological polar surface area (TPSA) is 128 Å². The molecule has 3 rings (SSSR count). The molecule has 2 heterocycles. The van der Waals surface area contributed by atoms with Crippen LogP contribution >= 0.6 is 0 Å². The number of fused-ring (bicyclic) bond motifs is 3. The number of aromatic nitrogens is 3. The third-order valence-corrected chi connectivity index (χ3v) is 5.65. The lowest BCUT2D eigenvalue weighted by molar-refractivity contribution is -0.144. The molecule has 9 nitrogen and oxygen atoms in total. The molecule has 0 fully saturated rings. The molecule has 1 aromatic carbocycles. The molecular formula is C21H25N3O6. The standard InChI is InChI=1S/C21H25N3O6/c1-4-24-14-10-17(27)18-13(19(14)22-23-24)6-5-7-15(25)20(28)16(26)9-8-11(2)12(3)30-21(18)29/h10-12,27H,4-9H2,1-3H3/t11-,12+/m1/s1. The number of benzene rings is 1. The summed E-state index contributed by atoms with van der Waals surface area (Å²) in [5, 5.41) is 18.8. The van der Waals surface area contributed by atoms with Gasteiger partial charge in [-0.2, -0.15) is 0 Å². The maximum Gasteiger partial charge on any atom is 0.342 e. The van der Waals surface area contributed by atoms with Gasteiger partial charge < -0.3 is 9.84 Å². The summed E-state index contributed by atoms with van der Waals surface area (Å²) in [7, 11) is 0. The van der Waals surface area contributed by atoms with Gasteiger partial charge >= 0.3 is 5.97 Å². The number of rotatable bonds is 1. The van der Waals surface area contributed by atoms with Gasteiger partial charge in [0.25, 0.3) is 5.78 Å². The fourth-order valence-corrected chi connectivity index (χ4v) is 3.60. The Hall–Kier alpha value is -3.10. The van der Waals surface area contributed by atoms with E-state index in [1.807, 2.05) is 6.92 Å². The van der Waals surface area contributed by atoms with Gasteiger partial charge in [0.15, 0.2) is 0 Å². The molecule has 0 spiro atoms. The van der Waals surface area contributed by atoms with Crippen LogP contribution in [0.3, 0.4) is 0 Å². The van der Waals surface area contributed by atoms with Crippen molar-refractivity contribution in [2.75, 3.05) is 0 Å². The van der Waals surface area contributed by atoms with E-state index in [1.165, 1.54) is 6.07 Å². The van der Waals surface area contributed by atoms with Crippen LogP contribution in [0.1, 0.15) is 62.4 Å². The summed E-state index contributed by atoms with van der Waals surface area (Å²) in [5.41, 5.74) is 1.40. The zero-order chi connectivity index (χ0) is 22.0. The Morgan fingerprint density at radius 2 is 1.83 bits per heavy atom. The Kier molecular flexibility index (Phi) is 6.28. The molecule has 1 aromatic heterocycles. The van der Waals surface area contributed by atoms with Crippen LogP contribution in [0.25, 0.3) is 11.0 Å². The predicted molar refractivity (Wildman–Crippen MR) is 106 cm³/mol. The Balaban J connectivity index is 2.07. The van der Waals surface area contributed by atoms with Crippen LogP contribution < -0.4 is 0 Å². The lowest BCUT2D eigenvalue weighted by Gasteiger charge is -2.21. The summed E-state index contributed by atoms with van der Waals surface area (Å²) < 4.78 is 7.15. The summed E-state index contributed by atoms with van der Waals surface area (Å²) in [6.07, 6.45) is -0.0699. The maximum absolute atomic E-state index is 12.9. The number of cyclic esters (lactones) is 1. The summed E-state index contributed by atoms with van der Waals surface area (Å²) in [6.45, 7) is 5.87. The van der Waals surface area contributed by atoms with E-state index in [9.17, 15) is 24.3 Å². The van der Waals surface area contributed by atoms with E-state index in [0.717, 1.165) is 0 Å². The molecule has 0 radical (unpaired) electrons. The van der Waals surface area contributed by atoms with Crippen molar-refractivity contribution < 1.29 is 29.0 Å². The number of phenolic OH excluding ortho intramolecular Hbond substituents is 1. The Morgan fingerprint density at radius 3 is 2.53 bits per heavy atom. The lowest BCUT2D eigenvalue weighted by Crippen LogP contribution is -2.27. The number of nitrogens with zero attached hydrogens (tertiary/aromatic N) is 3. The minimum absolute atomic E-state index is 0.00313. The highest BCUT2D eigenvalue weighted by atomic mass is 16.5. The average Bonchev–Trinajstić information content (AvgIpc) is 3.12. The lowest BCUT2D eigenvalue weighted by atomic mass is 9.94. The van der Waals surface area contributed by atoms with E-state index < -0.39 is 29.4 Å². The Morgan fingerprint density at radius 1 is 1.13 bits per heavy atom. The number of Topliss-reactive ketones (excluding diaryl/α,β-unsaturated/α-hetero) is 3. The number of ether oxygens (including phenoxy) is 1. The van der Waals surface area contributed by atoms with Gasteiger partial charge in [-0.25, -0.2) is 9.48 Å². The molecule has 2 atom stereocenters. The number of hydrogen-bond acceptors (Lipinski definition) is 8. The van der Waals surface area contributed by atoms with Crippen LogP contribution in [0.15, 0.2) is 6.07 Å². The first-order valence-electron chi connectivity index (χ1n) is 10.1. The van der Waals surface area contributed by atoms with Crippen LogP contribution in [0.5, 0.6) is 5.75 Å². The van der Waals surface area contributed by atoms with Crippen molar-refractivity contribution in [1.29, 1.82) is 0 Å². The molecule has 0 saturated carbocycles. The average molecular weight is 415 g/mol. The van der Waals surface area contributed by atoms with Gasteiger partial charge in [0.05, 0.1) is 5.52 Å². The number of esters is 1. The Bertz CT molecular complexity index is 1030.